The molecule has 2 aromatic carbocycles. The second kappa shape index (κ2) is 8.45. The Hall–Kier alpha value is -2.68. The Morgan fingerprint density at radius 3 is 2.65 bits per heavy atom. The van der Waals surface area contributed by atoms with Crippen LogP contribution in [0.2, 0.25) is 0 Å². The molecule has 1 fully saturated rings. The number of rotatable bonds is 5. The molecule has 0 radical (unpaired) electrons. The van der Waals surface area contributed by atoms with Gasteiger partial charge in [-0.1, -0.05) is 18.2 Å². The molecule has 0 spiro atoms. The highest BCUT2D eigenvalue weighted by Gasteiger charge is 2.35. The average molecular weight is 449 g/mol. The van der Waals surface area contributed by atoms with Gasteiger partial charge in [0, 0.05) is 52.4 Å². The number of alkyl halides is 2. The second-order valence-electron chi connectivity index (χ2n) is 7.90. The van der Waals surface area contributed by atoms with Gasteiger partial charge in [0.1, 0.15) is 11.2 Å². The lowest BCUT2D eigenvalue weighted by atomic mass is 9.87. The number of hydrogen-bond acceptors (Lipinski definition) is 3. The van der Waals surface area contributed by atoms with Crippen molar-refractivity contribution in [2.75, 3.05) is 11.6 Å². The number of nitrogens with one attached hydrogen (secondary N) is 1. The summed E-state index contributed by atoms with van der Waals surface area (Å²) in [5.41, 5.74) is 0.694. The molecule has 1 saturated carbocycles. The maximum atomic E-state index is 14.4. The Balaban J connectivity index is 1.66. The van der Waals surface area contributed by atoms with E-state index in [-0.39, 0.29) is 36.5 Å². The SMILES string of the molecule is CS(=O)c1cccc(NC(=O)c2c3cccc(F)c3nn2CC2CCC(F)(F)CC2)c1. The molecule has 0 saturated heterocycles. The van der Waals surface area contributed by atoms with Crippen molar-refractivity contribution in [3.8, 4) is 0 Å². The third-order valence-electron chi connectivity index (χ3n) is 5.63. The van der Waals surface area contributed by atoms with Gasteiger partial charge in [-0.05, 0) is 43.0 Å². The largest absolute Gasteiger partial charge is 0.321 e. The molecular formula is C22H22F3N3O2S. The number of carbonyl (C=O) groups is 1. The van der Waals surface area contributed by atoms with Gasteiger partial charge in [0.15, 0.2) is 5.82 Å². The van der Waals surface area contributed by atoms with E-state index >= 15 is 0 Å². The molecule has 0 bridgehead atoms. The zero-order chi connectivity index (χ0) is 22.2. The minimum atomic E-state index is -2.65. The molecule has 1 aliphatic rings. The normalized spacial score (nSPS) is 17.5. The molecular weight excluding hydrogens is 427 g/mol. The van der Waals surface area contributed by atoms with Crippen LogP contribution < -0.4 is 5.32 Å². The smallest absolute Gasteiger partial charge is 0.274 e. The molecule has 1 N–H and O–H groups in total. The first-order valence-corrected chi connectivity index (χ1v) is 11.6. The van der Waals surface area contributed by atoms with Crippen LogP contribution in [0.3, 0.4) is 0 Å². The molecule has 9 heteroatoms. The maximum absolute atomic E-state index is 14.4. The highest BCUT2D eigenvalue weighted by Crippen LogP contribution is 2.37. The van der Waals surface area contributed by atoms with E-state index in [4.69, 9.17) is 0 Å². The molecule has 1 unspecified atom stereocenters. The van der Waals surface area contributed by atoms with E-state index in [1.807, 2.05) is 0 Å². The van der Waals surface area contributed by atoms with Crippen molar-refractivity contribution >= 4 is 33.3 Å². The molecule has 5 nitrogen and oxygen atoms in total. The quantitative estimate of drug-likeness (QED) is 0.597. The first-order valence-electron chi connectivity index (χ1n) is 10.0. The topological polar surface area (TPSA) is 64.0 Å². The van der Waals surface area contributed by atoms with Crippen LogP contribution in [0, 0.1) is 11.7 Å². The predicted octanol–water partition coefficient (Wildman–Crippen LogP) is 4.99. The zero-order valence-corrected chi connectivity index (χ0v) is 17.7. The summed E-state index contributed by atoms with van der Waals surface area (Å²) < 4.78 is 54.6. The number of carbonyl (C=O) groups excluding carboxylic acids is 1. The Bertz CT molecular complexity index is 1150. The standard InChI is InChI=1S/C22H22F3N3O2S/c1-31(30)16-5-2-4-15(12-16)26-21(29)20-17-6-3-7-18(23)19(17)27-28(20)13-14-8-10-22(24,25)11-9-14/h2-7,12,14H,8-11,13H2,1H3,(H,26,29). The Labute approximate surface area is 180 Å². The summed E-state index contributed by atoms with van der Waals surface area (Å²) in [4.78, 5) is 13.7. The van der Waals surface area contributed by atoms with E-state index in [2.05, 4.69) is 10.4 Å². The van der Waals surface area contributed by atoms with Crippen molar-refractivity contribution in [1.29, 1.82) is 0 Å². The first-order chi connectivity index (χ1) is 14.7. The summed E-state index contributed by atoms with van der Waals surface area (Å²) in [5, 5.41) is 7.42. The molecule has 1 heterocycles. The maximum Gasteiger partial charge on any atom is 0.274 e. The van der Waals surface area contributed by atoms with Gasteiger partial charge in [0.25, 0.3) is 5.91 Å². The molecule has 31 heavy (non-hydrogen) atoms. The van der Waals surface area contributed by atoms with E-state index in [0.717, 1.165) is 0 Å². The number of amides is 1. The summed E-state index contributed by atoms with van der Waals surface area (Å²) in [6.07, 6.45) is 1.78. The zero-order valence-electron chi connectivity index (χ0n) is 16.9. The molecule has 164 valence electrons. The number of anilines is 1. The summed E-state index contributed by atoms with van der Waals surface area (Å²) in [6.45, 7) is 0.256. The fourth-order valence-electron chi connectivity index (χ4n) is 3.96. The third kappa shape index (κ3) is 4.66. The van der Waals surface area contributed by atoms with Crippen LogP contribution in [-0.4, -0.2) is 32.1 Å². The summed E-state index contributed by atoms with van der Waals surface area (Å²) in [5.74, 6) is -3.77. The fourth-order valence-corrected chi connectivity index (χ4v) is 4.52. The van der Waals surface area contributed by atoms with Crippen LogP contribution in [0.5, 0.6) is 0 Å². The summed E-state index contributed by atoms with van der Waals surface area (Å²) in [6, 6.07) is 11.0. The average Bonchev–Trinajstić information content (AvgIpc) is 3.09. The van der Waals surface area contributed by atoms with E-state index in [9.17, 15) is 22.2 Å². The molecule has 1 aliphatic carbocycles. The van der Waals surface area contributed by atoms with E-state index < -0.39 is 28.4 Å². The molecule has 3 aromatic rings. The lowest BCUT2D eigenvalue weighted by Gasteiger charge is -2.28. The number of nitrogens with zero attached hydrogens (tertiary/aromatic N) is 2. The van der Waals surface area contributed by atoms with Gasteiger partial charge in [0.2, 0.25) is 5.92 Å². The monoisotopic (exact) mass is 449 g/mol. The van der Waals surface area contributed by atoms with Crippen molar-refractivity contribution in [2.24, 2.45) is 5.92 Å². The number of fused-ring (bicyclic) bond motifs is 1. The van der Waals surface area contributed by atoms with Gasteiger partial charge in [-0.15, -0.1) is 0 Å². The molecule has 1 aromatic heterocycles. The fraction of sp³-hybridized carbons (Fsp3) is 0.364. The third-order valence-corrected chi connectivity index (χ3v) is 6.55. The highest BCUT2D eigenvalue weighted by atomic mass is 32.2. The number of hydrogen-bond donors (Lipinski definition) is 1. The molecule has 0 aliphatic heterocycles. The molecule has 1 atom stereocenters. The Morgan fingerprint density at radius 1 is 1.23 bits per heavy atom. The van der Waals surface area contributed by atoms with E-state index in [1.165, 1.54) is 16.8 Å². The number of aromatic nitrogens is 2. The Morgan fingerprint density at radius 2 is 1.94 bits per heavy atom. The van der Waals surface area contributed by atoms with Gasteiger partial charge >= 0.3 is 0 Å². The van der Waals surface area contributed by atoms with Crippen LogP contribution in [0.25, 0.3) is 10.9 Å². The van der Waals surface area contributed by atoms with Crippen LogP contribution >= 0.6 is 0 Å². The van der Waals surface area contributed by atoms with Gasteiger partial charge < -0.3 is 5.32 Å². The Kier molecular flexibility index (Phi) is 5.88. The van der Waals surface area contributed by atoms with Gasteiger partial charge in [0.05, 0.1) is 0 Å². The van der Waals surface area contributed by atoms with E-state index in [1.54, 1.807) is 36.6 Å². The summed E-state index contributed by atoms with van der Waals surface area (Å²) >= 11 is 0. The van der Waals surface area contributed by atoms with Crippen molar-refractivity contribution in [3.05, 3.63) is 54.0 Å². The second-order valence-corrected chi connectivity index (χ2v) is 9.28. The van der Waals surface area contributed by atoms with Crippen molar-refractivity contribution < 1.29 is 22.2 Å². The van der Waals surface area contributed by atoms with Crippen molar-refractivity contribution in [3.63, 3.8) is 0 Å². The number of halogens is 3. The van der Waals surface area contributed by atoms with Gasteiger partial charge in [-0.3, -0.25) is 13.7 Å². The highest BCUT2D eigenvalue weighted by molar-refractivity contribution is 7.84. The lowest BCUT2D eigenvalue weighted by Crippen LogP contribution is -2.28. The van der Waals surface area contributed by atoms with Crippen LogP contribution in [0.15, 0.2) is 47.4 Å². The van der Waals surface area contributed by atoms with Crippen LogP contribution in [-0.2, 0) is 17.3 Å². The van der Waals surface area contributed by atoms with Crippen LogP contribution in [0.4, 0.5) is 18.9 Å². The van der Waals surface area contributed by atoms with Gasteiger partial charge in [-0.2, -0.15) is 5.10 Å². The van der Waals surface area contributed by atoms with Gasteiger partial charge in [-0.25, -0.2) is 13.2 Å². The molecule has 4 rings (SSSR count). The number of benzene rings is 2. The van der Waals surface area contributed by atoms with Crippen molar-refractivity contribution in [2.45, 2.75) is 43.0 Å². The van der Waals surface area contributed by atoms with E-state index in [0.29, 0.717) is 28.8 Å². The first kappa shape index (κ1) is 21.5. The van der Waals surface area contributed by atoms with Crippen LogP contribution in [0.1, 0.15) is 36.2 Å². The lowest BCUT2D eigenvalue weighted by molar-refractivity contribution is -0.0476. The summed E-state index contributed by atoms with van der Waals surface area (Å²) in [7, 11) is -1.21. The predicted molar refractivity (Wildman–Crippen MR) is 113 cm³/mol. The minimum absolute atomic E-state index is 0.0669. The minimum Gasteiger partial charge on any atom is -0.321 e. The van der Waals surface area contributed by atoms with Crippen molar-refractivity contribution in [1.82, 2.24) is 9.78 Å². The molecule has 1 amide bonds.